The standard InChI is InChI=1S/C22H24N2O5/c1-4-27-19-9-6-15(12-20(19)28-5-2)7-11-21(25)23-16-8-10-18-17(13-16)24-22(26)14(3)29-18/h6-14H,4-5H2,1-3H3,(H,23,25)(H,24,26)/b11-7+/t14-/m0/s1. The van der Waals surface area contributed by atoms with E-state index in [2.05, 4.69) is 10.6 Å². The van der Waals surface area contributed by atoms with E-state index in [4.69, 9.17) is 14.2 Å². The number of fused-ring (bicyclic) bond motifs is 1. The van der Waals surface area contributed by atoms with Gasteiger partial charge in [0.15, 0.2) is 17.6 Å². The molecule has 29 heavy (non-hydrogen) atoms. The second kappa shape index (κ2) is 9.14. The van der Waals surface area contributed by atoms with Crippen molar-refractivity contribution in [3.05, 3.63) is 48.0 Å². The second-order valence-electron chi connectivity index (χ2n) is 6.36. The first-order valence-corrected chi connectivity index (χ1v) is 9.50. The Hall–Kier alpha value is -3.48. The van der Waals surface area contributed by atoms with Crippen LogP contribution in [0.5, 0.6) is 17.2 Å². The van der Waals surface area contributed by atoms with Gasteiger partial charge < -0.3 is 24.8 Å². The van der Waals surface area contributed by atoms with Crippen LogP contribution in [0, 0.1) is 0 Å². The highest BCUT2D eigenvalue weighted by Crippen LogP contribution is 2.32. The second-order valence-corrected chi connectivity index (χ2v) is 6.36. The minimum atomic E-state index is -0.540. The van der Waals surface area contributed by atoms with Gasteiger partial charge in [-0.3, -0.25) is 9.59 Å². The van der Waals surface area contributed by atoms with Gasteiger partial charge in [-0.1, -0.05) is 6.07 Å². The van der Waals surface area contributed by atoms with E-state index < -0.39 is 6.10 Å². The lowest BCUT2D eigenvalue weighted by molar-refractivity contribution is -0.122. The molecule has 0 radical (unpaired) electrons. The molecule has 3 rings (SSSR count). The molecule has 0 spiro atoms. The smallest absolute Gasteiger partial charge is 0.265 e. The van der Waals surface area contributed by atoms with Crippen LogP contribution in [0.2, 0.25) is 0 Å². The van der Waals surface area contributed by atoms with Gasteiger partial charge in [-0.2, -0.15) is 0 Å². The first-order valence-electron chi connectivity index (χ1n) is 9.50. The number of carbonyl (C=O) groups excluding carboxylic acids is 2. The van der Waals surface area contributed by atoms with Gasteiger partial charge in [-0.05, 0) is 62.7 Å². The van der Waals surface area contributed by atoms with E-state index in [-0.39, 0.29) is 11.8 Å². The molecule has 1 atom stereocenters. The maximum absolute atomic E-state index is 12.3. The molecule has 2 aromatic carbocycles. The quantitative estimate of drug-likeness (QED) is 0.694. The zero-order valence-corrected chi connectivity index (χ0v) is 16.7. The average molecular weight is 396 g/mol. The van der Waals surface area contributed by atoms with Crippen molar-refractivity contribution >= 4 is 29.3 Å². The molecule has 0 unspecified atom stereocenters. The van der Waals surface area contributed by atoms with Crippen molar-refractivity contribution in [2.45, 2.75) is 26.9 Å². The lowest BCUT2D eigenvalue weighted by atomic mass is 10.2. The van der Waals surface area contributed by atoms with E-state index in [9.17, 15) is 9.59 Å². The van der Waals surface area contributed by atoms with Crippen LogP contribution in [-0.4, -0.2) is 31.1 Å². The monoisotopic (exact) mass is 396 g/mol. The van der Waals surface area contributed by atoms with Gasteiger partial charge in [0, 0.05) is 11.8 Å². The fourth-order valence-electron chi connectivity index (χ4n) is 2.81. The van der Waals surface area contributed by atoms with Crippen LogP contribution in [-0.2, 0) is 9.59 Å². The SMILES string of the molecule is CCOc1ccc(/C=C/C(=O)Nc2ccc3c(c2)NC(=O)[C@H](C)O3)cc1OCC. The number of ether oxygens (including phenoxy) is 3. The summed E-state index contributed by atoms with van der Waals surface area (Å²) in [6.45, 7) is 6.55. The molecular formula is C22H24N2O5. The Balaban J connectivity index is 1.68. The molecule has 0 saturated heterocycles. The number of nitrogens with one attached hydrogen (secondary N) is 2. The highest BCUT2D eigenvalue weighted by Gasteiger charge is 2.23. The maximum atomic E-state index is 12.3. The average Bonchev–Trinajstić information content (AvgIpc) is 2.69. The summed E-state index contributed by atoms with van der Waals surface area (Å²) in [6.07, 6.45) is 2.59. The number of rotatable bonds is 7. The Morgan fingerprint density at radius 2 is 1.90 bits per heavy atom. The zero-order chi connectivity index (χ0) is 20.8. The number of hydrogen-bond acceptors (Lipinski definition) is 5. The number of carbonyl (C=O) groups is 2. The van der Waals surface area contributed by atoms with Crippen molar-refractivity contribution in [2.75, 3.05) is 23.8 Å². The van der Waals surface area contributed by atoms with Gasteiger partial charge in [-0.25, -0.2) is 0 Å². The van der Waals surface area contributed by atoms with E-state index in [1.807, 2.05) is 32.0 Å². The fraction of sp³-hybridized carbons (Fsp3) is 0.273. The molecule has 152 valence electrons. The third kappa shape index (κ3) is 5.07. The molecule has 0 bridgehead atoms. The van der Waals surface area contributed by atoms with E-state index in [1.165, 1.54) is 6.08 Å². The van der Waals surface area contributed by atoms with Gasteiger partial charge in [0.1, 0.15) is 5.75 Å². The van der Waals surface area contributed by atoms with Crippen LogP contribution in [0.25, 0.3) is 6.08 Å². The van der Waals surface area contributed by atoms with Crippen LogP contribution in [0.4, 0.5) is 11.4 Å². The summed E-state index contributed by atoms with van der Waals surface area (Å²) in [7, 11) is 0. The maximum Gasteiger partial charge on any atom is 0.265 e. The summed E-state index contributed by atoms with van der Waals surface area (Å²) in [4.78, 5) is 24.0. The topological polar surface area (TPSA) is 85.9 Å². The van der Waals surface area contributed by atoms with Crippen molar-refractivity contribution in [3.63, 3.8) is 0 Å². The minimum absolute atomic E-state index is 0.221. The highest BCUT2D eigenvalue weighted by atomic mass is 16.5. The van der Waals surface area contributed by atoms with Crippen molar-refractivity contribution in [3.8, 4) is 17.2 Å². The molecular weight excluding hydrogens is 372 g/mol. The van der Waals surface area contributed by atoms with Crippen LogP contribution in [0.1, 0.15) is 26.3 Å². The molecule has 2 N–H and O–H groups in total. The zero-order valence-electron chi connectivity index (χ0n) is 16.7. The molecule has 0 saturated carbocycles. The lowest BCUT2D eigenvalue weighted by Gasteiger charge is -2.23. The number of benzene rings is 2. The van der Waals surface area contributed by atoms with Crippen molar-refractivity contribution < 1.29 is 23.8 Å². The fourth-order valence-corrected chi connectivity index (χ4v) is 2.81. The summed E-state index contributed by atoms with van der Waals surface area (Å²) in [5.74, 6) is 1.36. The van der Waals surface area contributed by atoms with Crippen LogP contribution < -0.4 is 24.8 Å². The van der Waals surface area contributed by atoms with Crippen LogP contribution >= 0.6 is 0 Å². The Labute approximate surface area is 169 Å². The Morgan fingerprint density at radius 1 is 1.14 bits per heavy atom. The predicted octanol–water partition coefficient (Wildman–Crippen LogP) is 3.86. The van der Waals surface area contributed by atoms with Crippen LogP contribution in [0.15, 0.2) is 42.5 Å². The third-order valence-corrected chi connectivity index (χ3v) is 4.17. The Morgan fingerprint density at radius 3 is 2.66 bits per heavy atom. The lowest BCUT2D eigenvalue weighted by Crippen LogP contribution is -2.34. The molecule has 2 aromatic rings. The molecule has 2 amide bonds. The summed E-state index contributed by atoms with van der Waals surface area (Å²) >= 11 is 0. The summed E-state index contributed by atoms with van der Waals surface area (Å²) in [5, 5.41) is 5.53. The summed E-state index contributed by atoms with van der Waals surface area (Å²) < 4.78 is 16.6. The number of hydrogen-bond donors (Lipinski definition) is 2. The molecule has 0 fully saturated rings. The molecule has 1 heterocycles. The van der Waals surface area contributed by atoms with Gasteiger partial charge in [0.05, 0.1) is 18.9 Å². The molecule has 7 nitrogen and oxygen atoms in total. The van der Waals surface area contributed by atoms with Crippen LogP contribution in [0.3, 0.4) is 0 Å². The van der Waals surface area contributed by atoms with Gasteiger partial charge in [0.25, 0.3) is 5.91 Å². The van der Waals surface area contributed by atoms with E-state index in [1.54, 1.807) is 31.2 Å². The minimum Gasteiger partial charge on any atom is -0.490 e. The third-order valence-electron chi connectivity index (χ3n) is 4.17. The number of amides is 2. The highest BCUT2D eigenvalue weighted by molar-refractivity contribution is 6.03. The van der Waals surface area contributed by atoms with E-state index in [0.29, 0.717) is 41.8 Å². The van der Waals surface area contributed by atoms with Crippen molar-refractivity contribution in [2.24, 2.45) is 0 Å². The molecule has 1 aliphatic rings. The Bertz CT molecular complexity index is 939. The largest absolute Gasteiger partial charge is 0.490 e. The predicted molar refractivity (Wildman–Crippen MR) is 112 cm³/mol. The molecule has 7 heteroatoms. The first-order chi connectivity index (χ1) is 14.0. The number of anilines is 2. The van der Waals surface area contributed by atoms with Gasteiger partial charge >= 0.3 is 0 Å². The van der Waals surface area contributed by atoms with Crippen molar-refractivity contribution in [1.82, 2.24) is 0 Å². The molecule has 1 aliphatic heterocycles. The van der Waals surface area contributed by atoms with Gasteiger partial charge in [0.2, 0.25) is 5.91 Å². The first kappa shape index (κ1) is 20.3. The van der Waals surface area contributed by atoms with E-state index >= 15 is 0 Å². The summed E-state index contributed by atoms with van der Waals surface area (Å²) in [6, 6.07) is 10.6. The summed E-state index contributed by atoms with van der Waals surface area (Å²) in [5.41, 5.74) is 1.90. The molecule has 0 aliphatic carbocycles. The molecule has 0 aromatic heterocycles. The van der Waals surface area contributed by atoms with Gasteiger partial charge in [-0.15, -0.1) is 0 Å². The van der Waals surface area contributed by atoms with Crippen molar-refractivity contribution in [1.29, 1.82) is 0 Å². The normalized spacial score (nSPS) is 15.3. The Kier molecular flexibility index (Phi) is 6.39. The van der Waals surface area contributed by atoms with E-state index in [0.717, 1.165) is 5.56 Å².